The molecule has 4 heterocycles. The SMILES string of the molecule is c1cc(CN2CCN(c3ncnc4sc5c(c34)CCCCC5)CC2)ccn1. The molecule has 0 amide bonds. The number of fused-ring (bicyclic) bond motifs is 3. The minimum absolute atomic E-state index is 1.00. The van der Waals surface area contributed by atoms with Crippen LogP contribution in [0.3, 0.4) is 0 Å². The Morgan fingerprint density at radius 2 is 1.74 bits per heavy atom. The first-order valence-corrected chi connectivity index (χ1v) is 10.8. The molecule has 2 aliphatic rings. The van der Waals surface area contributed by atoms with Gasteiger partial charge in [-0.15, -0.1) is 11.3 Å². The maximum absolute atomic E-state index is 4.75. The van der Waals surface area contributed by atoms with Crippen LogP contribution < -0.4 is 4.90 Å². The maximum Gasteiger partial charge on any atom is 0.141 e. The summed E-state index contributed by atoms with van der Waals surface area (Å²) in [5, 5.41) is 1.35. The van der Waals surface area contributed by atoms with Crippen LogP contribution in [-0.4, -0.2) is 46.0 Å². The molecule has 0 saturated carbocycles. The highest BCUT2D eigenvalue weighted by molar-refractivity contribution is 7.18. The molecule has 3 aromatic heterocycles. The second-order valence-corrected chi connectivity index (χ2v) is 8.64. The van der Waals surface area contributed by atoms with Gasteiger partial charge in [-0.3, -0.25) is 9.88 Å². The fraction of sp³-hybridized carbons (Fsp3) is 0.476. The number of anilines is 1. The summed E-state index contributed by atoms with van der Waals surface area (Å²) < 4.78 is 0. The van der Waals surface area contributed by atoms with Crippen LogP contribution in [0, 0.1) is 0 Å². The molecule has 1 aliphatic carbocycles. The third-order valence-electron chi connectivity index (χ3n) is 5.81. The van der Waals surface area contributed by atoms with Gasteiger partial charge in [0.1, 0.15) is 17.0 Å². The normalized spacial score (nSPS) is 18.4. The summed E-state index contributed by atoms with van der Waals surface area (Å²) in [6.07, 6.45) is 11.9. The highest BCUT2D eigenvalue weighted by atomic mass is 32.1. The number of nitrogens with zero attached hydrogens (tertiary/aromatic N) is 5. The number of aryl methyl sites for hydroxylation is 2. The standard InChI is InChI=1S/C21H25N5S/c1-2-4-17-18(5-3-1)27-21-19(17)20(23-15-24-21)26-12-10-25(11-13-26)14-16-6-8-22-9-7-16/h6-9,15H,1-5,10-14H2. The minimum Gasteiger partial charge on any atom is -0.353 e. The maximum atomic E-state index is 4.75. The van der Waals surface area contributed by atoms with Crippen LogP contribution >= 0.6 is 11.3 Å². The van der Waals surface area contributed by atoms with E-state index in [2.05, 4.69) is 31.9 Å². The molecular formula is C21H25N5S. The van der Waals surface area contributed by atoms with Gasteiger partial charge >= 0.3 is 0 Å². The molecule has 0 atom stereocenters. The van der Waals surface area contributed by atoms with Gasteiger partial charge < -0.3 is 4.90 Å². The molecule has 0 radical (unpaired) electrons. The van der Waals surface area contributed by atoms with E-state index in [0.29, 0.717) is 0 Å². The van der Waals surface area contributed by atoms with Gasteiger partial charge in [0.05, 0.1) is 5.39 Å². The number of pyridine rings is 1. The monoisotopic (exact) mass is 379 g/mol. The van der Waals surface area contributed by atoms with Crippen molar-refractivity contribution in [2.24, 2.45) is 0 Å². The Labute approximate surface area is 164 Å². The second-order valence-electron chi connectivity index (χ2n) is 7.56. The van der Waals surface area contributed by atoms with E-state index in [1.165, 1.54) is 53.7 Å². The topological polar surface area (TPSA) is 45.2 Å². The average Bonchev–Trinajstić information content (AvgIpc) is 2.91. The first-order valence-electron chi connectivity index (χ1n) is 10.00. The Morgan fingerprint density at radius 3 is 2.59 bits per heavy atom. The number of rotatable bonds is 3. The van der Waals surface area contributed by atoms with Crippen molar-refractivity contribution >= 4 is 27.4 Å². The van der Waals surface area contributed by atoms with Gasteiger partial charge in [0.25, 0.3) is 0 Å². The fourth-order valence-electron chi connectivity index (χ4n) is 4.35. The molecule has 0 bridgehead atoms. The Bertz CT molecular complexity index is 915. The van der Waals surface area contributed by atoms with Crippen molar-refractivity contribution in [1.82, 2.24) is 19.9 Å². The van der Waals surface area contributed by atoms with E-state index in [0.717, 1.165) is 32.7 Å². The van der Waals surface area contributed by atoms with Crippen molar-refractivity contribution in [1.29, 1.82) is 0 Å². The zero-order chi connectivity index (χ0) is 18.1. The minimum atomic E-state index is 1.00. The quantitative estimate of drug-likeness (QED) is 0.650. The molecule has 1 saturated heterocycles. The number of piperazine rings is 1. The van der Waals surface area contributed by atoms with E-state index in [-0.39, 0.29) is 0 Å². The highest BCUT2D eigenvalue weighted by Crippen LogP contribution is 2.38. The third-order valence-corrected chi connectivity index (χ3v) is 7.01. The van der Waals surface area contributed by atoms with Crippen molar-refractivity contribution in [3.8, 4) is 0 Å². The molecule has 0 aromatic carbocycles. The zero-order valence-corrected chi connectivity index (χ0v) is 16.4. The predicted molar refractivity (Wildman–Crippen MR) is 110 cm³/mol. The Morgan fingerprint density at radius 1 is 0.926 bits per heavy atom. The summed E-state index contributed by atoms with van der Waals surface area (Å²) in [7, 11) is 0. The van der Waals surface area contributed by atoms with E-state index < -0.39 is 0 Å². The van der Waals surface area contributed by atoms with Gasteiger partial charge in [-0.25, -0.2) is 9.97 Å². The molecule has 27 heavy (non-hydrogen) atoms. The summed E-state index contributed by atoms with van der Waals surface area (Å²) in [6.45, 7) is 5.20. The van der Waals surface area contributed by atoms with E-state index in [9.17, 15) is 0 Å². The van der Waals surface area contributed by atoms with Gasteiger partial charge in [0.2, 0.25) is 0 Å². The van der Waals surface area contributed by atoms with Crippen molar-refractivity contribution < 1.29 is 0 Å². The Kier molecular flexibility index (Phi) is 4.76. The largest absolute Gasteiger partial charge is 0.353 e. The predicted octanol–water partition coefficient (Wildman–Crippen LogP) is 3.68. The molecule has 0 spiro atoms. The molecule has 140 valence electrons. The number of thiophene rings is 1. The molecule has 6 heteroatoms. The van der Waals surface area contributed by atoms with Crippen LogP contribution in [-0.2, 0) is 19.4 Å². The van der Waals surface area contributed by atoms with Crippen LogP contribution in [0.15, 0.2) is 30.9 Å². The molecular weight excluding hydrogens is 354 g/mol. The molecule has 5 nitrogen and oxygen atoms in total. The Hall–Kier alpha value is -2.05. The molecule has 5 rings (SSSR count). The van der Waals surface area contributed by atoms with Gasteiger partial charge in [-0.05, 0) is 48.9 Å². The first kappa shape index (κ1) is 17.1. The van der Waals surface area contributed by atoms with Crippen molar-refractivity contribution in [2.45, 2.75) is 38.6 Å². The van der Waals surface area contributed by atoms with Crippen LogP contribution in [0.5, 0.6) is 0 Å². The Balaban J connectivity index is 1.36. The number of hydrogen-bond acceptors (Lipinski definition) is 6. The lowest BCUT2D eigenvalue weighted by molar-refractivity contribution is 0.249. The fourth-order valence-corrected chi connectivity index (χ4v) is 5.58. The average molecular weight is 380 g/mol. The van der Waals surface area contributed by atoms with E-state index >= 15 is 0 Å². The van der Waals surface area contributed by atoms with E-state index in [4.69, 9.17) is 4.98 Å². The molecule has 0 N–H and O–H groups in total. The lowest BCUT2D eigenvalue weighted by Crippen LogP contribution is -2.46. The molecule has 0 unspecified atom stereocenters. The van der Waals surface area contributed by atoms with Gasteiger partial charge in [0, 0.05) is 50.0 Å². The molecule has 3 aromatic rings. The van der Waals surface area contributed by atoms with Gasteiger partial charge in [-0.1, -0.05) is 6.42 Å². The highest BCUT2D eigenvalue weighted by Gasteiger charge is 2.24. The molecule has 1 aliphatic heterocycles. The van der Waals surface area contributed by atoms with E-state index in [1.54, 1.807) is 16.8 Å². The van der Waals surface area contributed by atoms with Crippen LogP contribution in [0.1, 0.15) is 35.3 Å². The van der Waals surface area contributed by atoms with Crippen molar-refractivity contribution in [3.05, 3.63) is 46.9 Å². The first-order chi connectivity index (χ1) is 13.4. The van der Waals surface area contributed by atoms with Crippen LogP contribution in [0.2, 0.25) is 0 Å². The summed E-state index contributed by atoms with van der Waals surface area (Å²) >= 11 is 1.90. The lowest BCUT2D eigenvalue weighted by Gasteiger charge is -2.35. The van der Waals surface area contributed by atoms with Crippen molar-refractivity contribution in [2.75, 3.05) is 31.1 Å². The summed E-state index contributed by atoms with van der Waals surface area (Å²) in [5.41, 5.74) is 2.88. The van der Waals surface area contributed by atoms with Crippen LogP contribution in [0.4, 0.5) is 5.82 Å². The smallest absolute Gasteiger partial charge is 0.141 e. The molecule has 1 fully saturated rings. The summed E-state index contributed by atoms with van der Waals surface area (Å²) in [6, 6.07) is 4.22. The lowest BCUT2D eigenvalue weighted by atomic mass is 10.1. The summed E-state index contributed by atoms with van der Waals surface area (Å²) in [5.74, 6) is 1.17. The summed E-state index contributed by atoms with van der Waals surface area (Å²) in [4.78, 5) is 21.2. The third kappa shape index (κ3) is 3.44. The number of hydrogen-bond donors (Lipinski definition) is 0. The van der Waals surface area contributed by atoms with Gasteiger partial charge in [0.15, 0.2) is 0 Å². The second kappa shape index (κ2) is 7.52. The zero-order valence-electron chi connectivity index (χ0n) is 15.6. The van der Waals surface area contributed by atoms with E-state index in [1.807, 2.05) is 23.7 Å². The van der Waals surface area contributed by atoms with Crippen LogP contribution in [0.25, 0.3) is 10.2 Å². The number of aromatic nitrogens is 3. The van der Waals surface area contributed by atoms with Crippen molar-refractivity contribution in [3.63, 3.8) is 0 Å². The van der Waals surface area contributed by atoms with Gasteiger partial charge in [-0.2, -0.15) is 0 Å².